The van der Waals surface area contributed by atoms with Gasteiger partial charge < -0.3 is 9.47 Å². The lowest BCUT2D eigenvalue weighted by Gasteiger charge is -2.42. The summed E-state index contributed by atoms with van der Waals surface area (Å²) in [7, 11) is 0. The number of benzene rings is 2. The molecule has 2 aromatic carbocycles. The maximum Gasteiger partial charge on any atom is 0.204 e. The summed E-state index contributed by atoms with van der Waals surface area (Å²) in [6.45, 7) is 4.83. The summed E-state index contributed by atoms with van der Waals surface area (Å²) in [5.41, 5.74) is 3.04. The third kappa shape index (κ3) is 7.39. The minimum absolute atomic E-state index is 0.0149. The summed E-state index contributed by atoms with van der Waals surface area (Å²) in [6, 6.07) is 12.6. The Morgan fingerprint density at radius 3 is 1.98 bits per heavy atom. The Morgan fingerprint density at radius 2 is 1.27 bits per heavy atom. The molecule has 3 aliphatic carbocycles. The molecule has 3 saturated carbocycles. The van der Waals surface area contributed by atoms with Crippen molar-refractivity contribution in [3.05, 3.63) is 59.2 Å². The van der Waals surface area contributed by atoms with Gasteiger partial charge in [0.25, 0.3) is 0 Å². The van der Waals surface area contributed by atoms with Crippen LogP contribution in [0, 0.1) is 41.2 Å². The van der Waals surface area contributed by atoms with Crippen LogP contribution in [0.3, 0.4) is 0 Å². The van der Waals surface area contributed by atoms with Gasteiger partial charge in [0, 0.05) is 0 Å². The molecule has 0 amide bonds. The predicted octanol–water partition coefficient (Wildman–Crippen LogP) is 10.3. The van der Waals surface area contributed by atoms with Crippen LogP contribution in [-0.4, -0.2) is 13.2 Å². The van der Waals surface area contributed by atoms with E-state index in [-0.39, 0.29) is 11.5 Å². The van der Waals surface area contributed by atoms with Crippen molar-refractivity contribution in [2.45, 2.75) is 110 Å². The molecule has 0 aromatic heterocycles. The SMILES string of the molecule is CCCC1CCC2CC(c3ccc(CCC4CCC(COc5ccc(OCC)c(F)c5F)CC4)cc3)CCC2C1. The summed E-state index contributed by atoms with van der Waals surface area (Å²) in [6.07, 6.45) is 18.4. The van der Waals surface area contributed by atoms with Gasteiger partial charge in [0.05, 0.1) is 13.2 Å². The first-order chi connectivity index (χ1) is 19.5. The summed E-state index contributed by atoms with van der Waals surface area (Å²) in [5.74, 6) is 2.89. The number of rotatable bonds is 11. The Bertz CT molecular complexity index is 1060. The highest BCUT2D eigenvalue weighted by molar-refractivity contribution is 5.35. The van der Waals surface area contributed by atoms with Crippen molar-refractivity contribution in [1.29, 1.82) is 0 Å². The van der Waals surface area contributed by atoms with E-state index < -0.39 is 11.6 Å². The topological polar surface area (TPSA) is 18.5 Å². The van der Waals surface area contributed by atoms with Crippen LogP contribution < -0.4 is 9.47 Å². The second-order valence-electron chi connectivity index (χ2n) is 13.1. The smallest absolute Gasteiger partial charge is 0.204 e. The van der Waals surface area contributed by atoms with Gasteiger partial charge in [-0.05, 0) is 123 Å². The van der Waals surface area contributed by atoms with Gasteiger partial charge in [-0.3, -0.25) is 0 Å². The predicted molar refractivity (Wildman–Crippen MR) is 159 cm³/mol. The highest BCUT2D eigenvalue weighted by atomic mass is 19.2. The van der Waals surface area contributed by atoms with E-state index in [9.17, 15) is 8.78 Å². The summed E-state index contributed by atoms with van der Waals surface area (Å²) in [4.78, 5) is 0. The fraction of sp³-hybridized carbons (Fsp3) is 0.667. The van der Waals surface area contributed by atoms with Gasteiger partial charge in [-0.25, -0.2) is 0 Å². The van der Waals surface area contributed by atoms with Crippen LogP contribution in [0.4, 0.5) is 8.78 Å². The van der Waals surface area contributed by atoms with E-state index in [1.165, 1.54) is 88.3 Å². The van der Waals surface area contributed by atoms with Crippen molar-refractivity contribution in [3.63, 3.8) is 0 Å². The zero-order valence-corrected chi connectivity index (χ0v) is 24.8. The molecule has 0 heterocycles. The molecule has 0 radical (unpaired) electrons. The average Bonchev–Trinajstić information content (AvgIpc) is 2.99. The molecule has 2 aromatic rings. The number of hydrogen-bond donors (Lipinski definition) is 0. The summed E-state index contributed by atoms with van der Waals surface area (Å²) in [5, 5.41) is 0. The lowest BCUT2D eigenvalue weighted by molar-refractivity contribution is 0.114. The van der Waals surface area contributed by atoms with Gasteiger partial charge in [-0.2, -0.15) is 8.78 Å². The molecule has 220 valence electrons. The fourth-order valence-corrected chi connectivity index (χ4v) is 8.07. The average molecular weight is 553 g/mol. The molecule has 0 spiro atoms. The molecular weight excluding hydrogens is 502 g/mol. The molecule has 0 bridgehead atoms. The van der Waals surface area contributed by atoms with Crippen LogP contribution in [0.5, 0.6) is 11.5 Å². The molecule has 4 heteroatoms. The van der Waals surface area contributed by atoms with Crippen LogP contribution >= 0.6 is 0 Å². The Hall–Kier alpha value is -2.10. The Balaban J connectivity index is 1.01. The Labute approximate surface area is 241 Å². The van der Waals surface area contributed by atoms with Crippen LogP contribution in [0.15, 0.2) is 36.4 Å². The number of aryl methyl sites for hydroxylation is 1. The largest absolute Gasteiger partial charge is 0.491 e. The quantitative estimate of drug-likeness (QED) is 0.276. The van der Waals surface area contributed by atoms with Crippen molar-refractivity contribution in [1.82, 2.24) is 0 Å². The maximum atomic E-state index is 14.3. The zero-order chi connectivity index (χ0) is 27.9. The van der Waals surface area contributed by atoms with Crippen molar-refractivity contribution in [2.75, 3.05) is 13.2 Å². The summed E-state index contributed by atoms with van der Waals surface area (Å²) >= 11 is 0. The number of hydrogen-bond acceptors (Lipinski definition) is 2. The normalized spacial score (nSPS) is 28.6. The van der Waals surface area contributed by atoms with E-state index in [0.717, 1.165) is 48.9 Å². The molecule has 3 fully saturated rings. The third-order valence-corrected chi connectivity index (χ3v) is 10.5. The molecule has 3 aliphatic rings. The maximum absolute atomic E-state index is 14.3. The highest BCUT2D eigenvalue weighted by Crippen LogP contribution is 2.48. The van der Waals surface area contributed by atoms with Gasteiger partial charge in [0.1, 0.15) is 0 Å². The van der Waals surface area contributed by atoms with E-state index in [1.54, 1.807) is 12.5 Å². The molecule has 5 rings (SSSR count). The van der Waals surface area contributed by atoms with E-state index in [4.69, 9.17) is 9.47 Å². The Morgan fingerprint density at radius 1 is 0.650 bits per heavy atom. The van der Waals surface area contributed by atoms with Gasteiger partial charge >= 0.3 is 0 Å². The molecule has 0 saturated heterocycles. The van der Waals surface area contributed by atoms with Gasteiger partial charge in [0.2, 0.25) is 11.6 Å². The minimum atomic E-state index is -0.965. The number of ether oxygens (including phenoxy) is 2. The highest BCUT2D eigenvalue weighted by Gasteiger charge is 2.35. The van der Waals surface area contributed by atoms with Gasteiger partial charge in [0.15, 0.2) is 11.5 Å². The standard InChI is InChI=1S/C36H50F2O2/c1-3-5-27-14-17-32-23-31(19-18-30(32)22-27)29-15-12-26(13-16-29)7-6-25-8-10-28(11-9-25)24-40-34-21-20-33(39-4-2)35(37)36(34)38/h12-13,15-16,20-21,25,27-28,30-32H,3-11,14,17-19,22-24H2,1-2H3. The molecule has 4 unspecified atom stereocenters. The van der Waals surface area contributed by atoms with Crippen molar-refractivity contribution >= 4 is 0 Å². The molecule has 40 heavy (non-hydrogen) atoms. The fourth-order valence-electron chi connectivity index (χ4n) is 8.07. The Kier molecular flexibility index (Phi) is 10.4. The summed E-state index contributed by atoms with van der Waals surface area (Å²) < 4.78 is 39.2. The molecular formula is C36H50F2O2. The van der Waals surface area contributed by atoms with E-state index in [0.29, 0.717) is 19.1 Å². The lowest BCUT2D eigenvalue weighted by Crippen LogP contribution is -2.30. The van der Waals surface area contributed by atoms with Crippen molar-refractivity contribution < 1.29 is 18.3 Å². The van der Waals surface area contributed by atoms with Gasteiger partial charge in [-0.15, -0.1) is 0 Å². The van der Waals surface area contributed by atoms with Crippen LogP contribution in [-0.2, 0) is 6.42 Å². The monoisotopic (exact) mass is 552 g/mol. The number of fused-ring (bicyclic) bond motifs is 1. The van der Waals surface area contributed by atoms with E-state index in [1.807, 2.05) is 0 Å². The molecule has 0 aliphatic heterocycles. The van der Waals surface area contributed by atoms with Crippen molar-refractivity contribution in [3.8, 4) is 11.5 Å². The molecule has 2 nitrogen and oxygen atoms in total. The lowest BCUT2D eigenvalue weighted by atomic mass is 9.63. The zero-order valence-electron chi connectivity index (χ0n) is 24.8. The van der Waals surface area contributed by atoms with Crippen LogP contribution in [0.1, 0.15) is 114 Å². The minimum Gasteiger partial charge on any atom is -0.491 e. The third-order valence-electron chi connectivity index (χ3n) is 10.5. The first-order valence-electron chi connectivity index (χ1n) is 16.4. The second-order valence-corrected chi connectivity index (χ2v) is 13.1. The molecule has 0 N–H and O–H groups in total. The van der Waals surface area contributed by atoms with Gasteiger partial charge in [-0.1, -0.05) is 63.3 Å². The first-order valence-corrected chi connectivity index (χ1v) is 16.4. The second kappa shape index (κ2) is 14.2. The van der Waals surface area contributed by atoms with Crippen LogP contribution in [0.2, 0.25) is 0 Å². The first kappa shape index (κ1) is 29.4. The van der Waals surface area contributed by atoms with Crippen molar-refractivity contribution in [2.24, 2.45) is 29.6 Å². The number of halogens is 2. The van der Waals surface area contributed by atoms with Crippen LogP contribution in [0.25, 0.3) is 0 Å². The van der Waals surface area contributed by atoms with E-state index in [2.05, 4.69) is 31.2 Å². The molecule has 4 atom stereocenters. The van der Waals surface area contributed by atoms with E-state index >= 15 is 0 Å².